The Morgan fingerprint density at radius 2 is 1.35 bits per heavy atom. The van der Waals surface area contributed by atoms with Crippen molar-refractivity contribution in [3.63, 3.8) is 0 Å². The Kier molecular flexibility index (Phi) is 3.06. The minimum atomic E-state index is 1.05. The highest BCUT2D eigenvalue weighted by atomic mass is 14.7. The molecule has 0 fully saturated rings. The number of fused-ring (bicyclic) bond motifs is 1. The average molecular weight is 261 g/mol. The molecule has 3 aromatic rings. The molecule has 20 heavy (non-hydrogen) atoms. The van der Waals surface area contributed by atoms with Crippen LogP contribution in [-0.4, -0.2) is 4.98 Å². The Hall–Kier alpha value is -2.15. The van der Waals surface area contributed by atoms with Crippen molar-refractivity contribution in [1.82, 2.24) is 4.98 Å². The van der Waals surface area contributed by atoms with Crippen LogP contribution in [0.4, 0.5) is 0 Å². The molecule has 1 nitrogen and oxygen atoms in total. The highest BCUT2D eigenvalue weighted by Crippen LogP contribution is 2.26. The fraction of sp³-hybridized carbons (Fsp3) is 0.211. The molecule has 0 aliphatic heterocycles. The van der Waals surface area contributed by atoms with Crippen molar-refractivity contribution in [2.75, 3.05) is 0 Å². The monoisotopic (exact) mass is 261 g/mol. The quantitative estimate of drug-likeness (QED) is 0.591. The summed E-state index contributed by atoms with van der Waals surface area (Å²) in [6, 6.07) is 13.2. The Morgan fingerprint density at radius 1 is 0.700 bits per heavy atom. The maximum atomic E-state index is 4.65. The minimum absolute atomic E-state index is 1.05. The first-order valence-corrected chi connectivity index (χ1v) is 6.98. The van der Waals surface area contributed by atoms with Gasteiger partial charge in [0.1, 0.15) is 0 Å². The van der Waals surface area contributed by atoms with Crippen molar-refractivity contribution >= 4 is 10.8 Å². The fourth-order valence-corrected chi connectivity index (χ4v) is 2.91. The van der Waals surface area contributed by atoms with Crippen LogP contribution in [0.15, 0.2) is 42.6 Å². The standard InChI is InChI=1S/C19H19N/c1-12-5-13(2)9-17(8-12)19-10-16-7-14(3)6-15(4)18(16)11-20-19/h5-11H,1-4H3. The first-order chi connectivity index (χ1) is 9.52. The van der Waals surface area contributed by atoms with Crippen LogP contribution in [0, 0.1) is 27.7 Å². The molecular weight excluding hydrogens is 242 g/mol. The van der Waals surface area contributed by atoms with Gasteiger partial charge < -0.3 is 0 Å². The predicted molar refractivity (Wildman–Crippen MR) is 86.1 cm³/mol. The van der Waals surface area contributed by atoms with E-state index in [1.807, 2.05) is 6.20 Å². The first kappa shape index (κ1) is 12.9. The van der Waals surface area contributed by atoms with Crippen LogP contribution in [0.25, 0.3) is 22.0 Å². The molecule has 0 N–H and O–H groups in total. The van der Waals surface area contributed by atoms with E-state index < -0.39 is 0 Å². The van der Waals surface area contributed by atoms with Crippen LogP contribution in [0.5, 0.6) is 0 Å². The van der Waals surface area contributed by atoms with E-state index in [9.17, 15) is 0 Å². The van der Waals surface area contributed by atoms with Gasteiger partial charge in [-0.15, -0.1) is 0 Å². The van der Waals surface area contributed by atoms with E-state index in [4.69, 9.17) is 0 Å². The van der Waals surface area contributed by atoms with Gasteiger partial charge in [-0.25, -0.2) is 0 Å². The molecule has 1 heteroatoms. The number of aryl methyl sites for hydroxylation is 4. The number of rotatable bonds is 1. The van der Waals surface area contributed by atoms with Gasteiger partial charge >= 0.3 is 0 Å². The highest BCUT2D eigenvalue weighted by Gasteiger charge is 2.05. The van der Waals surface area contributed by atoms with Gasteiger partial charge in [0.15, 0.2) is 0 Å². The number of pyridine rings is 1. The summed E-state index contributed by atoms with van der Waals surface area (Å²) in [7, 11) is 0. The predicted octanol–water partition coefficient (Wildman–Crippen LogP) is 5.14. The lowest BCUT2D eigenvalue weighted by Crippen LogP contribution is -1.89. The lowest BCUT2D eigenvalue weighted by molar-refractivity contribution is 1.31. The first-order valence-electron chi connectivity index (χ1n) is 6.98. The van der Waals surface area contributed by atoms with Gasteiger partial charge in [-0.2, -0.15) is 0 Å². The smallest absolute Gasteiger partial charge is 0.0708 e. The summed E-state index contributed by atoms with van der Waals surface area (Å²) in [5.41, 5.74) is 7.40. The van der Waals surface area contributed by atoms with Crippen molar-refractivity contribution < 1.29 is 0 Å². The van der Waals surface area contributed by atoms with Crippen LogP contribution < -0.4 is 0 Å². The Balaban J connectivity index is 2.22. The minimum Gasteiger partial charge on any atom is -0.256 e. The van der Waals surface area contributed by atoms with Gasteiger partial charge in [0.05, 0.1) is 5.69 Å². The Morgan fingerprint density at radius 3 is 2.05 bits per heavy atom. The number of benzene rings is 2. The van der Waals surface area contributed by atoms with Gasteiger partial charge in [-0.05, 0) is 56.8 Å². The summed E-state index contributed by atoms with van der Waals surface area (Å²) >= 11 is 0. The zero-order chi connectivity index (χ0) is 14.3. The van der Waals surface area contributed by atoms with Gasteiger partial charge in [0.25, 0.3) is 0 Å². The zero-order valence-corrected chi connectivity index (χ0v) is 12.5. The molecule has 0 aliphatic carbocycles. The summed E-state index contributed by atoms with van der Waals surface area (Å²) in [5.74, 6) is 0. The second-order valence-electron chi connectivity index (χ2n) is 5.75. The van der Waals surface area contributed by atoms with Gasteiger partial charge in [0, 0.05) is 17.1 Å². The molecule has 2 aromatic carbocycles. The van der Waals surface area contributed by atoms with Crippen molar-refractivity contribution in [2.24, 2.45) is 0 Å². The van der Waals surface area contributed by atoms with E-state index >= 15 is 0 Å². The molecule has 0 aliphatic rings. The molecule has 0 saturated heterocycles. The molecule has 0 bridgehead atoms. The lowest BCUT2D eigenvalue weighted by Gasteiger charge is -2.08. The normalized spacial score (nSPS) is 11.0. The second-order valence-corrected chi connectivity index (χ2v) is 5.75. The number of hydrogen-bond donors (Lipinski definition) is 0. The number of nitrogens with zero attached hydrogens (tertiary/aromatic N) is 1. The van der Waals surface area contributed by atoms with Crippen molar-refractivity contribution in [3.8, 4) is 11.3 Å². The van der Waals surface area contributed by atoms with Crippen LogP contribution in [0.3, 0.4) is 0 Å². The maximum absolute atomic E-state index is 4.65. The summed E-state index contributed by atoms with van der Waals surface area (Å²) in [6.07, 6.45) is 2.00. The van der Waals surface area contributed by atoms with Gasteiger partial charge in [-0.1, -0.05) is 34.9 Å². The molecule has 1 aromatic heterocycles. The second kappa shape index (κ2) is 4.75. The van der Waals surface area contributed by atoms with Gasteiger partial charge in [0.2, 0.25) is 0 Å². The molecule has 0 amide bonds. The summed E-state index contributed by atoms with van der Waals surface area (Å²) < 4.78 is 0. The molecule has 100 valence electrons. The molecule has 1 heterocycles. The third-order valence-electron chi connectivity index (χ3n) is 3.71. The number of aromatic nitrogens is 1. The van der Waals surface area contributed by atoms with E-state index in [-0.39, 0.29) is 0 Å². The third-order valence-corrected chi connectivity index (χ3v) is 3.71. The lowest BCUT2D eigenvalue weighted by atomic mass is 10.0. The van der Waals surface area contributed by atoms with Crippen LogP contribution in [0.2, 0.25) is 0 Å². The van der Waals surface area contributed by atoms with Crippen molar-refractivity contribution in [2.45, 2.75) is 27.7 Å². The van der Waals surface area contributed by atoms with E-state index in [1.165, 1.54) is 38.6 Å². The third kappa shape index (κ3) is 2.32. The maximum Gasteiger partial charge on any atom is 0.0708 e. The molecule has 0 saturated carbocycles. The van der Waals surface area contributed by atoms with Crippen LogP contribution in [-0.2, 0) is 0 Å². The highest BCUT2D eigenvalue weighted by molar-refractivity contribution is 5.88. The topological polar surface area (TPSA) is 12.9 Å². The van der Waals surface area contributed by atoms with E-state index in [0.717, 1.165) is 5.69 Å². The molecule has 0 radical (unpaired) electrons. The Labute approximate surface area is 120 Å². The molecule has 0 unspecified atom stereocenters. The molecule has 3 rings (SSSR count). The fourth-order valence-electron chi connectivity index (χ4n) is 2.91. The molecular formula is C19H19N. The Bertz CT molecular complexity index is 780. The van der Waals surface area contributed by atoms with Crippen molar-refractivity contribution in [3.05, 3.63) is 64.8 Å². The molecule has 0 spiro atoms. The summed E-state index contributed by atoms with van der Waals surface area (Å²) in [5, 5.41) is 2.51. The number of hydrogen-bond acceptors (Lipinski definition) is 1. The summed E-state index contributed by atoms with van der Waals surface area (Å²) in [6.45, 7) is 8.55. The van der Waals surface area contributed by atoms with Gasteiger partial charge in [-0.3, -0.25) is 4.98 Å². The van der Waals surface area contributed by atoms with Crippen molar-refractivity contribution in [1.29, 1.82) is 0 Å². The average Bonchev–Trinajstić information content (AvgIpc) is 2.36. The SMILES string of the molecule is Cc1cc(C)cc(-c2cc3cc(C)cc(C)c3cn2)c1. The molecule has 0 atom stereocenters. The largest absolute Gasteiger partial charge is 0.256 e. The van der Waals surface area contributed by atoms with Crippen LogP contribution >= 0.6 is 0 Å². The zero-order valence-electron chi connectivity index (χ0n) is 12.5. The van der Waals surface area contributed by atoms with E-state index in [0.29, 0.717) is 0 Å². The summed E-state index contributed by atoms with van der Waals surface area (Å²) in [4.78, 5) is 4.65. The van der Waals surface area contributed by atoms with E-state index in [2.05, 4.69) is 69.1 Å². The van der Waals surface area contributed by atoms with E-state index in [1.54, 1.807) is 0 Å². The van der Waals surface area contributed by atoms with Crippen LogP contribution in [0.1, 0.15) is 22.3 Å².